The Balaban J connectivity index is 1.96. The topological polar surface area (TPSA) is 46.6 Å². The minimum absolute atomic E-state index is 0.0795. The molecular weight excluding hydrogens is 342 g/mol. The van der Waals surface area contributed by atoms with E-state index in [2.05, 4.69) is 15.9 Å². The van der Waals surface area contributed by atoms with Gasteiger partial charge in [0.2, 0.25) is 10.0 Å². The van der Waals surface area contributed by atoms with Crippen LogP contribution in [0.3, 0.4) is 0 Å². The van der Waals surface area contributed by atoms with Gasteiger partial charge in [-0.15, -0.1) is 0 Å². The van der Waals surface area contributed by atoms with Gasteiger partial charge >= 0.3 is 0 Å². The third-order valence-electron chi connectivity index (χ3n) is 4.35. The van der Waals surface area contributed by atoms with Gasteiger partial charge in [-0.3, -0.25) is 0 Å². The Hall–Kier alpha value is -0.430. The monoisotopic (exact) mass is 359 g/mol. The highest BCUT2D eigenvalue weighted by molar-refractivity contribution is 9.10. The first-order valence-corrected chi connectivity index (χ1v) is 9.08. The summed E-state index contributed by atoms with van der Waals surface area (Å²) in [6.07, 6.45) is 3.67. The number of halogens is 1. The van der Waals surface area contributed by atoms with Crippen LogP contribution < -0.4 is 0 Å². The molecule has 110 valence electrons. The van der Waals surface area contributed by atoms with Crippen LogP contribution in [0.25, 0.3) is 0 Å². The molecule has 2 atom stereocenters. The fraction of sp³-hybridized carbons (Fsp3) is 0.571. The summed E-state index contributed by atoms with van der Waals surface area (Å²) in [6, 6.07) is 7.19. The van der Waals surface area contributed by atoms with Gasteiger partial charge in [-0.25, -0.2) is 8.42 Å². The lowest BCUT2D eigenvalue weighted by atomic mass is 10.0. The maximum Gasteiger partial charge on any atom is 0.244 e. The maximum absolute atomic E-state index is 12.9. The van der Waals surface area contributed by atoms with Crippen LogP contribution in [0.4, 0.5) is 0 Å². The highest BCUT2D eigenvalue weighted by Crippen LogP contribution is 2.41. The van der Waals surface area contributed by atoms with E-state index >= 15 is 0 Å². The molecule has 1 aromatic rings. The summed E-state index contributed by atoms with van der Waals surface area (Å²) in [4.78, 5) is 0.368. The molecule has 2 fully saturated rings. The van der Waals surface area contributed by atoms with Gasteiger partial charge < -0.3 is 4.74 Å². The maximum atomic E-state index is 12.9. The van der Waals surface area contributed by atoms with Crippen molar-refractivity contribution >= 4 is 26.0 Å². The average molecular weight is 360 g/mol. The van der Waals surface area contributed by atoms with Gasteiger partial charge in [0.1, 0.15) is 0 Å². The van der Waals surface area contributed by atoms with Crippen molar-refractivity contribution in [3.63, 3.8) is 0 Å². The number of methoxy groups -OCH3 is 1. The number of rotatable bonds is 3. The van der Waals surface area contributed by atoms with Crippen LogP contribution in [0.2, 0.25) is 0 Å². The third-order valence-corrected chi connectivity index (χ3v) is 7.37. The average Bonchev–Trinajstić information content (AvgIpc) is 2.71. The molecule has 0 N–H and O–H groups in total. The predicted octanol–water partition coefficient (Wildman–Crippen LogP) is 2.78. The normalized spacial score (nSPS) is 30.6. The van der Waals surface area contributed by atoms with E-state index in [0.717, 1.165) is 25.7 Å². The molecule has 20 heavy (non-hydrogen) atoms. The molecule has 2 unspecified atom stereocenters. The molecule has 2 heterocycles. The number of ether oxygens (including phenoxy) is 1. The van der Waals surface area contributed by atoms with Crippen molar-refractivity contribution in [2.75, 3.05) is 7.11 Å². The molecule has 0 amide bonds. The Bertz CT molecular complexity index is 590. The molecular formula is C14H18BrNO3S. The highest BCUT2D eigenvalue weighted by Gasteiger charge is 2.47. The number of nitrogens with zero attached hydrogens (tertiary/aromatic N) is 1. The first kappa shape index (κ1) is 14.5. The summed E-state index contributed by atoms with van der Waals surface area (Å²) < 4.78 is 33.6. The number of sulfonamides is 1. The molecule has 0 saturated carbocycles. The molecule has 0 aliphatic carbocycles. The molecule has 0 aromatic heterocycles. The highest BCUT2D eigenvalue weighted by atomic mass is 79.9. The fourth-order valence-electron chi connectivity index (χ4n) is 3.44. The van der Waals surface area contributed by atoms with Crippen molar-refractivity contribution in [2.24, 2.45) is 0 Å². The summed E-state index contributed by atoms with van der Waals surface area (Å²) in [5.41, 5.74) is 0. The molecule has 2 saturated heterocycles. The van der Waals surface area contributed by atoms with Crippen molar-refractivity contribution in [3.05, 3.63) is 28.7 Å². The van der Waals surface area contributed by atoms with E-state index < -0.39 is 10.0 Å². The van der Waals surface area contributed by atoms with Gasteiger partial charge in [-0.05, 0) is 53.7 Å². The molecule has 2 aliphatic rings. The minimum atomic E-state index is -3.43. The van der Waals surface area contributed by atoms with Crippen molar-refractivity contribution < 1.29 is 13.2 Å². The van der Waals surface area contributed by atoms with Gasteiger partial charge in [0.25, 0.3) is 0 Å². The first-order chi connectivity index (χ1) is 9.54. The quantitative estimate of drug-likeness (QED) is 0.833. The van der Waals surface area contributed by atoms with E-state index in [1.165, 1.54) is 0 Å². The van der Waals surface area contributed by atoms with Crippen LogP contribution >= 0.6 is 15.9 Å². The molecule has 4 nitrogen and oxygen atoms in total. The number of fused-ring (bicyclic) bond motifs is 2. The van der Waals surface area contributed by atoms with E-state index in [-0.39, 0.29) is 18.2 Å². The van der Waals surface area contributed by atoms with Gasteiger partial charge in [0, 0.05) is 23.7 Å². The summed E-state index contributed by atoms with van der Waals surface area (Å²) >= 11 is 3.35. The molecule has 3 rings (SSSR count). The second-order valence-corrected chi connectivity index (χ2v) is 8.15. The first-order valence-electron chi connectivity index (χ1n) is 6.85. The smallest absolute Gasteiger partial charge is 0.244 e. The van der Waals surface area contributed by atoms with Crippen LogP contribution in [0.1, 0.15) is 25.7 Å². The number of benzene rings is 1. The Morgan fingerprint density at radius 3 is 2.35 bits per heavy atom. The van der Waals surface area contributed by atoms with Crippen molar-refractivity contribution in [3.8, 4) is 0 Å². The van der Waals surface area contributed by atoms with Crippen molar-refractivity contribution in [1.82, 2.24) is 4.31 Å². The Kier molecular flexibility index (Phi) is 3.92. The molecule has 0 spiro atoms. The van der Waals surface area contributed by atoms with Crippen LogP contribution in [-0.2, 0) is 14.8 Å². The Labute approximate surface area is 128 Å². The van der Waals surface area contributed by atoms with Gasteiger partial charge in [0.15, 0.2) is 0 Å². The van der Waals surface area contributed by atoms with E-state index in [9.17, 15) is 8.42 Å². The molecule has 1 aromatic carbocycles. The van der Waals surface area contributed by atoms with Crippen molar-refractivity contribution in [2.45, 2.75) is 48.8 Å². The fourth-order valence-corrected chi connectivity index (χ4v) is 6.30. The van der Waals surface area contributed by atoms with E-state index in [1.54, 1.807) is 29.6 Å². The lowest BCUT2D eigenvalue weighted by molar-refractivity contribution is 0.0349. The number of piperidine rings is 1. The van der Waals surface area contributed by atoms with Gasteiger partial charge in [-0.2, -0.15) is 4.31 Å². The standard InChI is InChI=1S/C14H18BrNO3S/c1-19-12-8-10-6-7-11(9-12)16(10)20(17,18)14-5-3-2-4-13(14)15/h2-5,10-12H,6-9H2,1H3. The van der Waals surface area contributed by atoms with E-state index in [0.29, 0.717) is 9.37 Å². The largest absolute Gasteiger partial charge is 0.381 e. The van der Waals surface area contributed by atoms with Crippen LogP contribution in [0.5, 0.6) is 0 Å². The zero-order valence-corrected chi connectivity index (χ0v) is 13.7. The van der Waals surface area contributed by atoms with Crippen molar-refractivity contribution in [1.29, 1.82) is 0 Å². The summed E-state index contributed by atoms with van der Waals surface area (Å²) in [7, 11) is -1.72. The molecule has 6 heteroatoms. The van der Waals surface area contributed by atoms with Crippen LogP contribution in [0.15, 0.2) is 33.6 Å². The lowest BCUT2D eigenvalue weighted by Crippen LogP contribution is -2.48. The molecule has 0 radical (unpaired) electrons. The predicted molar refractivity (Wildman–Crippen MR) is 80.0 cm³/mol. The van der Waals surface area contributed by atoms with E-state index in [1.807, 2.05) is 6.07 Å². The molecule has 2 bridgehead atoms. The third kappa shape index (κ3) is 2.32. The summed E-state index contributed by atoms with van der Waals surface area (Å²) in [6.45, 7) is 0. The second-order valence-electron chi connectivity index (χ2n) is 5.48. The summed E-state index contributed by atoms with van der Waals surface area (Å²) in [5.74, 6) is 0. The van der Waals surface area contributed by atoms with Crippen LogP contribution in [-0.4, -0.2) is 38.0 Å². The Morgan fingerprint density at radius 2 is 1.80 bits per heavy atom. The zero-order valence-electron chi connectivity index (χ0n) is 11.3. The van der Waals surface area contributed by atoms with Gasteiger partial charge in [-0.1, -0.05) is 12.1 Å². The van der Waals surface area contributed by atoms with E-state index in [4.69, 9.17) is 4.74 Å². The second kappa shape index (κ2) is 5.40. The number of hydrogen-bond donors (Lipinski definition) is 0. The zero-order chi connectivity index (χ0) is 14.3. The number of hydrogen-bond acceptors (Lipinski definition) is 3. The minimum Gasteiger partial charge on any atom is -0.381 e. The summed E-state index contributed by atoms with van der Waals surface area (Å²) in [5, 5.41) is 0. The van der Waals surface area contributed by atoms with Gasteiger partial charge in [0.05, 0.1) is 11.0 Å². The molecule has 2 aliphatic heterocycles. The SMILES string of the molecule is COC1CC2CCC(C1)N2S(=O)(=O)c1ccccc1Br. The lowest BCUT2D eigenvalue weighted by Gasteiger charge is -2.37. The van der Waals surface area contributed by atoms with Crippen LogP contribution in [0, 0.1) is 0 Å². The Morgan fingerprint density at radius 1 is 1.20 bits per heavy atom.